The second-order valence-electron chi connectivity index (χ2n) is 7.37. The Hall–Kier alpha value is -1.89. The van der Waals surface area contributed by atoms with Crippen molar-refractivity contribution >= 4 is 11.8 Å². The topological polar surface area (TPSA) is 90.5 Å². The fourth-order valence-corrected chi connectivity index (χ4v) is 3.14. The average molecular weight is 367 g/mol. The summed E-state index contributed by atoms with van der Waals surface area (Å²) in [6.45, 7) is 12.8. The molecule has 0 aliphatic heterocycles. The Morgan fingerprint density at radius 2 is 1.88 bits per heavy atom. The average Bonchev–Trinajstić information content (AvgIpc) is 2.83. The van der Waals surface area contributed by atoms with Gasteiger partial charge < -0.3 is 15.4 Å². The minimum Gasteiger partial charge on any atom is -0.368 e. The number of carbonyl (C=O) groups is 2. The quantitative estimate of drug-likeness (QED) is 0.686. The van der Waals surface area contributed by atoms with Gasteiger partial charge >= 0.3 is 0 Å². The molecule has 0 bridgehead atoms. The number of hydrogen-bond acceptors (Lipinski definition) is 4. The van der Waals surface area contributed by atoms with Gasteiger partial charge in [-0.05, 0) is 45.1 Å². The van der Waals surface area contributed by atoms with Crippen LogP contribution in [0.3, 0.4) is 0 Å². The SMILES string of the molecule is CCOCn1nc(C)c(CC(C)C(=O)N(C)[C@@H](CC(C)C)C(N)=O)c1C. The number of rotatable bonds is 10. The second kappa shape index (κ2) is 9.71. The summed E-state index contributed by atoms with van der Waals surface area (Å²) < 4.78 is 7.25. The van der Waals surface area contributed by atoms with Crippen LogP contribution < -0.4 is 5.73 Å². The number of primary amides is 1. The van der Waals surface area contributed by atoms with Crippen LogP contribution in [0.1, 0.15) is 51.1 Å². The van der Waals surface area contributed by atoms with Gasteiger partial charge in [-0.3, -0.25) is 9.59 Å². The van der Waals surface area contributed by atoms with Gasteiger partial charge in [-0.25, -0.2) is 4.68 Å². The van der Waals surface area contributed by atoms with Crippen LogP contribution in [0.25, 0.3) is 0 Å². The molecular formula is C19H34N4O3. The Bertz CT molecular complexity index is 625. The minimum absolute atomic E-state index is 0.0780. The highest BCUT2D eigenvalue weighted by Gasteiger charge is 2.29. The van der Waals surface area contributed by atoms with Crippen LogP contribution in [-0.4, -0.2) is 46.2 Å². The van der Waals surface area contributed by atoms with E-state index in [1.54, 1.807) is 7.05 Å². The molecule has 0 aliphatic carbocycles. The first-order chi connectivity index (χ1) is 12.1. The van der Waals surface area contributed by atoms with Gasteiger partial charge in [0.25, 0.3) is 0 Å². The summed E-state index contributed by atoms with van der Waals surface area (Å²) in [5, 5.41) is 4.50. The van der Waals surface area contributed by atoms with E-state index in [4.69, 9.17) is 10.5 Å². The molecule has 1 heterocycles. The number of nitrogens with two attached hydrogens (primary N) is 1. The molecule has 0 spiro atoms. The van der Waals surface area contributed by atoms with E-state index in [2.05, 4.69) is 5.10 Å². The highest BCUT2D eigenvalue weighted by Crippen LogP contribution is 2.20. The third-order valence-corrected chi connectivity index (χ3v) is 4.72. The molecule has 0 aliphatic rings. The van der Waals surface area contributed by atoms with Gasteiger partial charge in [0, 0.05) is 25.3 Å². The molecule has 1 aromatic heterocycles. The number of ether oxygens (including phenoxy) is 1. The number of amides is 2. The highest BCUT2D eigenvalue weighted by molar-refractivity contribution is 5.87. The molecule has 1 aromatic rings. The molecule has 26 heavy (non-hydrogen) atoms. The molecule has 7 nitrogen and oxygen atoms in total. The third-order valence-electron chi connectivity index (χ3n) is 4.72. The Balaban J connectivity index is 2.89. The van der Waals surface area contributed by atoms with Crippen molar-refractivity contribution in [3.8, 4) is 0 Å². The van der Waals surface area contributed by atoms with Gasteiger partial charge in [0.15, 0.2) is 0 Å². The van der Waals surface area contributed by atoms with Gasteiger partial charge in [0.1, 0.15) is 12.8 Å². The molecule has 2 amide bonds. The predicted molar refractivity (Wildman–Crippen MR) is 101 cm³/mol. The van der Waals surface area contributed by atoms with Crippen LogP contribution in [0.2, 0.25) is 0 Å². The maximum absolute atomic E-state index is 12.8. The van der Waals surface area contributed by atoms with Gasteiger partial charge in [0.2, 0.25) is 11.8 Å². The summed E-state index contributed by atoms with van der Waals surface area (Å²) in [5.74, 6) is -0.528. The van der Waals surface area contributed by atoms with E-state index in [0.717, 1.165) is 17.0 Å². The Morgan fingerprint density at radius 3 is 2.38 bits per heavy atom. The molecule has 7 heteroatoms. The van der Waals surface area contributed by atoms with Crippen LogP contribution >= 0.6 is 0 Å². The second-order valence-corrected chi connectivity index (χ2v) is 7.37. The molecule has 1 unspecified atom stereocenters. The maximum Gasteiger partial charge on any atom is 0.240 e. The summed E-state index contributed by atoms with van der Waals surface area (Å²) in [6, 6.07) is -0.576. The van der Waals surface area contributed by atoms with Crippen LogP contribution in [0.15, 0.2) is 0 Å². The van der Waals surface area contributed by atoms with Crippen molar-refractivity contribution < 1.29 is 14.3 Å². The lowest BCUT2D eigenvalue weighted by molar-refractivity contribution is -0.141. The predicted octanol–water partition coefficient (Wildman–Crippen LogP) is 2.03. The molecule has 1 rings (SSSR count). The number of likely N-dealkylation sites (N-methyl/N-ethyl adjacent to an activating group) is 1. The number of carbonyl (C=O) groups excluding carboxylic acids is 2. The number of aryl methyl sites for hydroxylation is 1. The molecular weight excluding hydrogens is 332 g/mol. The minimum atomic E-state index is -0.576. The molecule has 148 valence electrons. The number of nitrogens with zero attached hydrogens (tertiary/aromatic N) is 3. The zero-order chi connectivity index (χ0) is 20.0. The Kier molecular flexibility index (Phi) is 8.27. The lowest BCUT2D eigenvalue weighted by atomic mass is 9.96. The normalized spacial score (nSPS) is 13.7. The van der Waals surface area contributed by atoms with Crippen molar-refractivity contribution in [2.24, 2.45) is 17.6 Å². The van der Waals surface area contributed by atoms with Crippen LogP contribution in [0.4, 0.5) is 0 Å². The summed E-state index contributed by atoms with van der Waals surface area (Å²) in [6.07, 6.45) is 1.13. The molecule has 0 fully saturated rings. The van der Waals surface area contributed by atoms with Crippen molar-refractivity contribution in [3.63, 3.8) is 0 Å². The fourth-order valence-electron chi connectivity index (χ4n) is 3.14. The van der Waals surface area contributed by atoms with Gasteiger partial charge in [-0.15, -0.1) is 0 Å². The van der Waals surface area contributed by atoms with E-state index in [0.29, 0.717) is 26.2 Å². The molecule has 2 atom stereocenters. The zero-order valence-electron chi connectivity index (χ0n) is 17.2. The first-order valence-corrected chi connectivity index (χ1v) is 9.26. The molecule has 0 aromatic carbocycles. The largest absolute Gasteiger partial charge is 0.368 e. The van der Waals surface area contributed by atoms with E-state index < -0.39 is 11.9 Å². The molecule has 0 saturated carbocycles. The number of hydrogen-bond donors (Lipinski definition) is 1. The third kappa shape index (κ3) is 5.56. The Morgan fingerprint density at radius 1 is 1.27 bits per heavy atom. The first-order valence-electron chi connectivity index (χ1n) is 9.26. The summed E-state index contributed by atoms with van der Waals surface area (Å²) in [7, 11) is 1.66. The molecule has 0 radical (unpaired) electrons. The van der Waals surface area contributed by atoms with Crippen LogP contribution in [0, 0.1) is 25.7 Å². The van der Waals surface area contributed by atoms with Crippen molar-refractivity contribution in [1.82, 2.24) is 14.7 Å². The van der Waals surface area contributed by atoms with E-state index in [1.165, 1.54) is 4.90 Å². The van der Waals surface area contributed by atoms with E-state index in [9.17, 15) is 9.59 Å². The van der Waals surface area contributed by atoms with Crippen LogP contribution in [0.5, 0.6) is 0 Å². The van der Waals surface area contributed by atoms with E-state index in [1.807, 2.05) is 46.2 Å². The smallest absolute Gasteiger partial charge is 0.240 e. The van der Waals surface area contributed by atoms with Crippen LogP contribution in [-0.2, 0) is 27.5 Å². The summed E-state index contributed by atoms with van der Waals surface area (Å²) in [5.41, 5.74) is 8.48. The van der Waals surface area contributed by atoms with Crippen molar-refractivity contribution in [2.75, 3.05) is 13.7 Å². The lowest BCUT2D eigenvalue weighted by Crippen LogP contribution is -2.48. The van der Waals surface area contributed by atoms with E-state index in [-0.39, 0.29) is 17.7 Å². The summed E-state index contributed by atoms with van der Waals surface area (Å²) in [4.78, 5) is 26.1. The van der Waals surface area contributed by atoms with Gasteiger partial charge in [-0.2, -0.15) is 5.10 Å². The Labute approximate surface area is 156 Å². The van der Waals surface area contributed by atoms with Gasteiger partial charge in [-0.1, -0.05) is 20.8 Å². The van der Waals surface area contributed by atoms with E-state index >= 15 is 0 Å². The molecule has 0 saturated heterocycles. The van der Waals surface area contributed by atoms with Gasteiger partial charge in [0.05, 0.1) is 5.69 Å². The lowest BCUT2D eigenvalue weighted by Gasteiger charge is -2.29. The zero-order valence-corrected chi connectivity index (χ0v) is 17.2. The highest BCUT2D eigenvalue weighted by atomic mass is 16.5. The fraction of sp³-hybridized carbons (Fsp3) is 0.737. The standard InChI is InChI=1S/C19H34N4O3/c1-8-26-11-23-15(6)16(14(5)21-23)10-13(4)19(25)22(7)17(18(20)24)9-12(2)3/h12-13,17H,8-11H2,1-7H3,(H2,20,24)/t13?,17-/m0/s1. The van der Waals surface area contributed by atoms with Crippen molar-refractivity contribution in [2.45, 2.75) is 67.2 Å². The monoisotopic (exact) mass is 366 g/mol. The van der Waals surface area contributed by atoms with Crippen molar-refractivity contribution in [3.05, 3.63) is 17.0 Å². The van der Waals surface area contributed by atoms with Crippen molar-refractivity contribution in [1.29, 1.82) is 0 Å². The maximum atomic E-state index is 12.8. The number of aromatic nitrogens is 2. The summed E-state index contributed by atoms with van der Waals surface area (Å²) >= 11 is 0. The first kappa shape index (κ1) is 22.2. The molecule has 2 N–H and O–H groups in total.